The highest BCUT2D eigenvalue weighted by atomic mass is 79.9. The Morgan fingerprint density at radius 1 is 1.62 bits per heavy atom. The van der Waals surface area contributed by atoms with Crippen molar-refractivity contribution in [3.05, 3.63) is 33.5 Å². The van der Waals surface area contributed by atoms with Gasteiger partial charge in [0, 0.05) is 5.56 Å². The summed E-state index contributed by atoms with van der Waals surface area (Å²) in [6.45, 7) is 1.56. The number of nitrogens with two attached hydrogens (primary N) is 1. The van der Waals surface area contributed by atoms with Crippen LogP contribution in [0.15, 0.2) is 21.8 Å². The lowest BCUT2D eigenvalue weighted by molar-refractivity contribution is 0.318. The summed E-state index contributed by atoms with van der Waals surface area (Å²) in [4.78, 5) is 0. The molecular weight excluding hydrogens is 239 g/mol. The van der Waals surface area contributed by atoms with Gasteiger partial charge in [0.2, 0.25) is 0 Å². The van der Waals surface area contributed by atoms with E-state index in [-0.39, 0.29) is 5.84 Å². The van der Waals surface area contributed by atoms with Gasteiger partial charge in [0.25, 0.3) is 0 Å². The van der Waals surface area contributed by atoms with Crippen LogP contribution in [0.25, 0.3) is 0 Å². The highest BCUT2D eigenvalue weighted by molar-refractivity contribution is 9.10. The van der Waals surface area contributed by atoms with Gasteiger partial charge in [-0.2, -0.15) is 0 Å². The van der Waals surface area contributed by atoms with Crippen molar-refractivity contribution in [3.63, 3.8) is 0 Å². The zero-order chi connectivity index (χ0) is 10.0. The first-order valence-corrected chi connectivity index (χ1v) is 4.29. The third-order valence-electron chi connectivity index (χ3n) is 1.72. The smallest absolute Gasteiger partial charge is 0.170 e. The van der Waals surface area contributed by atoms with Crippen molar-refractivity contribution in [2.45, 2.75) is 6.92 Å². The average Bonchev–Trinajstić information content (AvgIpc) is 2.13. The second-order valence-corrected chi connectivity index (χ2v) is 3.37. The molecule has 13 heavy (non-hydrogen) atoms. The molecule has 0 aliphatic rings. The Morgan fingerprint density at radius 2 is 2.23 bits per heavy atom. The zero-order valence-electron chi connectivity index (χ0n) is 6.88. The van der Waals surface area contributed by atoms with E-state index in [1.807, 2.05) is 0 Å². The maximum atomic E-state index is 13.2. The topological polar surface area (TPSA) is 58.6 Å². The predicted molar refractivity (Wildman–Crippen MR) is 51.3 cm³/mol. The number of hydrogen-bond acceptors (Lipinski definition) is 2. The largest absolute Gasteiger partial charge is 0.409 e. The minimum Gasteiger partial charge on any atom is -0.409 e. The van der Waals surface area contributed by atoms with Crippen LogP contribution in [0.4, 0.5) is 4.39 Å². The molecule has 0 aliphatic carbocycles. The maximum absolute atomic E-state index is 13.2. The molecule has 0 fully saturated rings. The number of amidine groups is 1. The summed E-state index contributed by atoms with van der Waals surface area (Å²) < 4.78 is 13.6. The van der Waals surface area contributed by atoms with Crippen LogP contribution >= 0.6 is 15.9 Å². The second kappa shape index (κ2) is 3.74. The van der Waals surface area contributed by atoms with Gasteiger partial charge >= 0.3 is 0 Å². The first kappa shape index (κ1) is 9.98. The van der Waals surface area contributed by atoms with Gasteiger partial charge in [0.1, 0.15) is 5.82 Å². The highest BCUT2D eigenvalue weighted by Crippen LogP contribution is 2.21. The van der Waals surface area contributed by atoms with Gasteiger partial charge in [-0.3, -0.25) is 0 Å². The van der Waals surface area contributed by atoms with E-state index in [1.54, 1.807) is 13.0 Å². The second-order valence-electron chi connectivity index (χ2n) is 2.52. The number of rotatable bonds is 1. The van der Waals surface area contributed by atoms with E-state index in [9.17, 15) is 4.39 Å². The van der Waals surface area contributed by atoms with Gasteiger partial charge in [-0.15, -0.1) is 0 Å². The molecule has 0 radical (unpaired) electrons. The van der Waals surface area contributed by atoms with E-state index >= 15 is 0 Å². The molecule has 1 aromatic rings. The van der Waals surface area contributed by atoms with Crippen LogP contribution in [0.1, 0.15) is 11.1 Å². The molecule has 0 unspecified atom stereocenters. The van der Waals surface area contributed by atoms with Gasteiger partial charge in [-0.25, -0.2) is 4.39 Å². The minimum atomic E-state index is -0.399. The number of nitrogens with zero attached hydrogens (tertiary/aromatic N) is 1. The molecule has 0 heterocycles. The molecule has 0 aromatic heterocycles. The number of benzene rings is 1. The summed E-state index contributed by atoms with van der Waals surface area (Å²) in [7, 11) is 0. The predicted octanol–water partition coefficient (Wildman–Crippen LogP) is 1.99. The van der Waals surface area contributed by atoms with Crippen LogP contribution in [0.5, 0.6) is 0 Å². The van der Waals surface area contributed by atoms with Crippen molar-refractivity contribution in [1.29, 1.82) is 0 Å². The molecule has 0 saturated heterocycles. The molecule has 0 spiro atoms. The van der Waals surface area contributed by atoms with E-state index in [1.165, 1.54) is 6.07 Å². The van der Waals surface area contributed by atoms with E-state index in [2.05, 4.69) is 21.1 Å². The van der Waals surface area contributed by atoms with Crippen molar-refractivity contribution in [2.24, 2.45) is 10.9 Å². The fourth-order valence-electron chi connectivity index (χ4n) is 0.983. The summed E-state index contributed by atoms with van der Waals surface area (Å²) in [6.07, 6.45) is 0. The molecule has 0 atom stereocenters. The Kier molecular flexibility index (Phi) is 2.87. The first-order chi connectivity index (χ1) is 6.07. The molecule has 0 amide bonds. The highest BCUT2D eigenvalue weighted by Gasteiger charge is 2.10. The van der Waals surface area contributed by atoms with Crippen LogP contribution in [-0.4, -0.2) is 11.0 Å². The Labute approximate surface area is 83.2 Å². The quantitative estimate of drug-likeness (QED) is 0.345. The van der Waals surface area contributed by atoms with Crippen LogP contribution < -0.4 is 5.73 Å². The van der Waals surface area contributed by atoms with E-state index in [0.29, 0.717) is 15.6 Å². The van der Waals surface area contributed by atoms with Gasteiger partial charge in [0.15, 0.2) is 5.84 Å². The standard InChI is InChI=1S/C8H8BrFN2O/c1-4-5(8(11)12-13)2-3-6(9)7(4)10/h2-3,13H,1H3,(H2,11,12). The van der Waals surface area contributed by atoms with E-state index < -0.39 is 5.82 Å². The summed E-state index contributed by atoms with van der Waals surface area (Å²) in [5.41, 5.74) is 6.08. The van der Waals surface area contributed by atoms with Gasteiger partial charge in [0.05, 0.1) is 4.47 Å². The third kappa shape index (κ3) is 1.80. The molecular formula is C8H8BrFN2O. The van der Waals surface area contributed by atoms with Gasteiger partial charge < -0.3 is 10.9 Å². The summed E-state index contributed by atoms with van der Waals surface area (Å²) >= 11 is 3.03. The molecule has 0 aliphatic heterocycles. The van der Waals surface area contributed by atoms with E-state index in [4.69, 9.17) is 10.9 Å². The lowest BCUT2D eigenvalue weighted by Gasteiger charge is -2.05. The molecule has 1 aromatic carbocycles. The third-order valence-corrected chi connectivity index (χ3v) is 2.34. The van der Waals surface area contributed by atoms with E-state index in [0.717, 1.165) is 0 Å². The van der Waals surface area contributed by atoms with Crippen molar-refractivity contribution in [1.82, 2.24) is 0 Å². The first-order valence-electron chi connectivity index (χ1n) is 3.50. The van der Waals surface area contributed by atoms with Gasteiger partial charge in [-0.1, -0.05) is 5.16 Å². The SMILES string of the molecule is Cc1c(/C(N)=N/O)ccc(Br)c1F. The molecule has 3 nitrogen and oxygen atoms in total. The fourth-order valence-corrected chi connectivity index (χ4v) is 1.41. The lowest BCUT2D eigenvalue weighted by Crippen LogP contribution is -2.15. The molecule has 0 bridgehead atoms. The summed E-state index contributed by atoms with van der Waals surface area (Å²) in [5.74, 6) is -0.493. The molecule has 70 valence electrons. The lowest BCUT2D eigenvalue weighted by atomic mass is 10.1. The van der Waals surface area contributed by atoms with Crippen LogP contribution in [0.3, 0.4) is 0 Å². The van der Waals surface area contributed by atoms with Crippen molar-refractivity contribution >= 4 is 21.8 Å². The number of oxime groups is 1. The Bertz CT molecular complexity index is 365. The van der Waals surface area contributed by atoms with Crippen LogP contribution in [-0.2, 0) is 0 Å². The number of halogens is 2. The summed E-state index contributed by atoms with van der Waals surface area (Å²) in [5, 5.41) is 11.2. The van der Waals surface area contributed by atoms with Crippen molar-refractivity contribution in [2.75, 3.05) is 0 Å². The zero-order valence-corrected chi connectivity index (χ0v) is 8.47. The Balaban J connectivity index is 3.34. The molecule has 1 rings (SSSR count). The Morgan fingerprint density at radius 3 is 2.77 bits per heavy atom. The Hall–Kier alpha value is -1.10. The maximum Gasteiger partial charge on any atom is 0.170 e. The van der Waals surface area contributed by atoms with Crippen molar-refractivity contribution < 1.29 is 9.60 Å². The van der Waals surface area contributed by atoms with Crippen LogP contribution in [0.2, 0.25) is 0 Å². The fraction of sp³-hybridized carbons (Fsp3) is 0.125. The molecule has 3 N–H and O–H groups in total. The average molecular weight is 247 g/mol. The van der Waals surface area contributed by atoms with Crippen molar-refractivity contribution in [3.8, 4) is 0 Å². The van der Waals surface area contributed by atoms with Gasteiger partial charge in [-0.05, 0) is 40.5 Å². The van der Waals surface area contributed by atoms with Crippen LogP contribution in [0, 0.1) is 12.7 Å². The normalized spacial score (nSPS) is 11.8. The monoisotopic (exact) mass is 246 g/mol. The number of hydrogen-bond donors (Lipinski definition) is 2. The molecule has 5 heteroatoms. The minimum absolute atomic E-state index is 0.0936. The molecule has 0 saturated carbocycles. The summed E-state index contributed by atoms with van der Waals surface area (Å²) in [6, 6.07) is 3.09.